The van der Waals surface area contributed by atoms with Gasteiger partial charge in [-0.3, -0.25) is 14.4 Å². The molecule has 3 aliphatic heterocycles. The van der Waals surface area contributed by atoms with Gasteiger partial charge < -0.3 is 73.8 Å². The molecule has 3 saturated heterocycles. The lowest BCUT2D eigenvalue weighted by atomic mass is 9.87. The number of alkyl halides is 9. The summed E-state index contributed by atoms with van der Waals surface area (Å²) >= 11 is 5.96. The van der Waals surface area contributed by atoms with Gasteiger partial charge in [-0.1, -0.05) is 62.2 Å². The lowest BCUT2D eigenvalue weighted by Crippen LogP contribution is -2.50. The molecular formula is C83H105ClF9N9O9. The molecule has 3 N–H and O–H groups in total. The lowest BCUT2D eigenvalue weighted by molar-refractivity contribution is -0.275. The Morgan fingerprint density at radius 3 is 0.883 bits per heavy atom. The minimum Gasteiger partial charge on any atom is -0.406 e. The molecule has 18 nitrogen and oxygen atoms in total. The first kappa shape index (κ1) is 84.9. The zero-order valence-electron chi connectivity index (χ0n) is 64.3. The molecule has 3 heterocycles. The number of benzene rings is 6. The summed E-state index contributed by atoms with van der Waals surface area (Å²) in [6, 6.07) is 39.4. The second-order valence-electron chi connectivity index (χ2n) is 30.6. The zero-order chi connectivity index (χ0) is 79.6. The van der Waals surface area contributed by atoms with Crippen molar-refractivity contribution in [2.45, 2.75) is 186 Å². The van der Waals surface area contributed by atoms with Crippen molar-refractivity contribution < 1.29 is 82.3 Å². The Kier molecular flexibility index (Phi) is 29.7. The fraction of sp³-hybridized carbons (Fsp3) is 0.530. The molecule has 6 aromatic carbocycles. The van der Waals surface area contributed by atoms with Gasteiger partial charge in [0.25, 0.3) is 0 Å². The van der Waals surface area contributed by atoms with Crippen molar-refractivity contribution in [1.82, 2.24) is 14.7 Å². The van der Waals surface area contributed by atoms with Gasteiger partial charge >= 0.3 is 19.1 Å². The molecule has 6 aromatic rings. The van der Waals surface area contributed by atoms with Crippen molar-refractivity contribution in [3.63, 3.8) is 0 Å². The summed E-state index contributed by atoms with van der Waals surface area (Å²) in [5.74, 6) is -0.480. The van der Waals surface area contributed by atoms with Crippen molar-refractivity contribution in [1.29, 1.82) is 0 Å². The molecule has 6 aliphatic rings. The number of hydrogen-bond acceptors (Lipinski definition) is 15. The van der Waals surface area contributed by atoms with Crippen molar-refractivity contribution >= 4 is 63.4 Å². The van der Waals surface area contributed by atoms with Gasteiger partial charge in [0, 0.05) is 136 Å². The average molecular weight is 1580 g/mol. The number of ether oxygens (including phenoxy) is 6. The standard InChI is InChI=1S/C30H40F3N3O3.C27H34F3N3O3.C26H31ClF3N3O3/c1-21-19-24(9-14-27(21)39-30(31,32)33)34-23-7-12-26(13-8-23)38-20-28(37)36-17-15-35(16-18-36)25-10-5-22(6-11-25)29(2,3)4;1-19-3-8-23(9-4-19)32-13-15-33(16-14-32)26(34)18-35-24-10-5-21(6-11-24)31-22-7-12-25(20(2)17-22)36-27(28,29)30;1-18-16-21(6-11-24(18)36-26(28,29)30)31-20-4-9-23(10-5-20)35-17-25(34)33-14-12-32(13-15-33)22-7-2-19(27)3-8-22/h5-6,9-11,14,19,23,26,34H,7-8,12-13,15-18,20H2,1-4H3;3-4,7-9,12,17,21,24,31H,5-6,10-11,13-16,18H2,1-2H3;2-3,6-8,11,16,20,23,31H,4-5,9-10,12-15,17H2,1H3. The Labute approximate surface area is 650 Å². The van der Waals surface area contributed by atoms with Gasteiger partial charge in [0.15, 0.2) is 0 Å². The molecule has 12 rings (SSSR count). The number of nitrogens with zero attached hydrogens (tertiary/aromatic N) is 6. The molecule has 0 bridgehead atoms. The molecule has 0 aromatic heterocycles. The van der Waals surface area contributed by atoms with E-state index >= 15 is 0 Å². The minimum atomic E-state index is -4.70. The van der Waals surface area contributed by atoms with Crippen LogP contribution >= 0.6 is 11.6 Å². The molecule has 0 radical (unpaired) electrons. The van der Waals surface area contributed by atoms with E-state index in [1.54, 1.807) is 57.2 Å². The summed E-state index contributed by atoms with van der Waals surface area (Å²) in [7, 11) is 0. The highest BCUT2D eigenvalue weighted by Crippen LogP contribution is 2.36. The first-order valence-electron chi connectivity index (χ1n) is 38.4. The van der Waals surface area contributed by atoms with Crippen molar-refractivity contribution in [3.05, 3.63) is 160 Å². The molecule has 3 saturated carbocycles. The molecule has 6 fully saturated rings. The van der Waals surface area contributed by atoms with E-state index in [0.29, 0.717) is 61.0 Å². The van der Waals surface area contributed by atoms with Crippen LogP contribution in [0.2, 0.25) is 5.02 Å². The number of nitrogens with one attached hydrogen (secondary N) is 3. The quantitative estimate of drug-likeness (QED) is 0.0583. The maximum atomic E-state index is 12.8. The second-order valence-corrected chi connectivity index (χ2v) is 31.0. The van der Waals surface area contributed by atoms with Gasteiger partial charge in [0.2, 0.25) is 17.7 Å². The van der Waals surface area contributed by atoms with E-state index in [4.69, 9.17) is 25.8 Å². The normalized spacial score (nSPS) is 20.7. The third kappa shape index (κ3) is 27.1. The number of carbonyl (C=O) groups excluding carboxylic acids is 3. The number of amides is 3. The Morgan fingerprint density at radius 2 is 0.631 bits per heavy atom. The Balaban J connectivity index is 0.000000177. The van der Waals surface area contributed by atoms with E-state index in [1.165, 1.54) is 40.7 Å². The molecule has 0 atom stereocenters. The van der Waals surface area contributed by atoms with E-state index in [2.05, 4.69) is 121 Å². The first-order chi connectivity index (χ1) is 52.7. The van der Waals surface area contributed by atoms with Gasteiger partial charge in [0.05, 0.1) is 18.3 Å². The van der Waals surface area contributed by atoms with Crippen LogP contribution in [-0.2, 0) is 34.0 Å². The largest absolute Gasteiger partial charge is 0.573 e. The van der Waals surface area contributed by atoms with E-state index in [1.807, 2.05) is 39.0 Å². The number of halogens is 10. The van der Waals surface area contributed by atoms with Crippen LogP contribution in [0.3, 0.4) is 0 Å². The summed E-state index contributed by atoms with van der Waals surface area (Å²) in [5.41, 5.74) is 9.73. The average Bonchev–Trinajstić information content (AvgIpc) is 0.857. The Hall–Kier alpha value is -8.53. The summed E-state index contributed by atoms with van der Waals surface area (Å²) < 4.78 is 142. The van der Waals surface area contributed by atoms with Crippen LogP contribution in [0.4, 0.5) is 73.6 Å². The first-order valence-corrected chi connectivity index (χ1v) is 38.8. The van der Waals surface area contributed by atoms with Crippen molar-refractivity contribution in [2.24, 2.45) is 0 Å². The highest BCUT2D eigenvalue weighted by Gasteiger charge is 2.36. The number of hydrogen-bond donors (Lipinski definition) is 3. The molecular weight excluding hydrogens is 1470 g/mol. The third-order valence-corrected chi connectivity index (χ3v) is 21.5. The van der Waals surface area contributed by atoms with E-state index in [0.717, 1.165) is 139 Å². The van der Waals surface area contributed by atoms with Crippen molar-refractivity contribution in [2.75, 3.05) is 129 Å². The van der Waals surface area contributed by atoms with E-state index in [9.17, 15) is 53.9 Å². The van der Waals surface area contributed by atoms with Gasteiger partial charge in [-0.15, -0.1) is 39.5 Å². The molecule has 3 amide bonds. The monoisotopic (exact) mass is 1580 g/mol. The van der Waals surface area contributed by atoms with Gasteiger partial charge in [-0.2, -0.15) is 0 Å². The smallest absolute Gasteiger partial charge is 0.406 e. The predicted molar refractivity (Wildman–Crippen MR) is 415 cm³/mol. The van der Waals surface area contributed by atoms with Crippen LogP contribution < -0.4 is 44.9 Å². The zero-order valence-corrected chi connectivity index (χ0v) is 65.1. The topological polar surface area (TPSA) is 162 Å². The van der Waals surface area contributed by atoms with Gasteiger partial charge in [0.1, 0.15) is 37.1 Å². The Bertz CT molecular complexity index is 3770. The Morgan fingerprint density at radius 1 is 0.369 bits per heavy atom. The number of anilines is 6. The highest BCUT2D eigenvalue weighted by molar-refractivity contribution is 6.30. The molecule has 606 valence electrons. The number of aryl methyl sites for hydroxylation is 4. The van der Waals surface area contributed by atoms with Crippen LogP contribution in [0.25, 0.3) is 0 Å². The SMILES string of the molecule is Cc1cc(NC2CCC(OCC(=O)N3CCN(c4ccc(C(C)(C)C)cc4)CC3)CC2)ccc1OC(F)(F)F.Cc1cc(NC2CCC(OCC(=O)N3CCN(c4ccc(Cl)cc4)CC3)CC2)ccc1OC(F)(F)F.Cc1ccc(N2CCN(C(=O)COC3CCC(Nc4ccc(OC(F)(F)F)c(C)c4)CC3)CC2)cc1. The molecule has 0 spiro atoms. The lowest BCUT2D eigenvalue weighted by Gasteiger charge is -2.37. The van der Waals surface area contributed by atoms with E-state index < -0.39 is 19.1 Å². The van der Waals surface area contributed by atoms with Crippen LogP contribution in [0.1, 0.15) is 126 Å². The van der Waals surface area contributed by atoms with Crippen molar-refractivity contribution in [3.8, 4) is 17.2 Å². The summed E-state index contributed by atoms with van der Waals surface area (Å²) in [6.45, 7) is 22.6. The van der Waals surface area contributed by atoms with E-state index in [-0.39, 0.29) is 96.6 Å². The number of piperazine rings is 3. The van der Waals surface area contributed by atoms with Gasteiger partial charge in [-0.25, -0.2) is 0 Å². The summed E-state index contributed by atoms with van der Waals surface area (Å²) in [5, 5.41) is 10.9. The molecule has 3 aliphatic carbocycles. The highest BCUT2D eigenvalue weighted by atomic mass is 35.5. The van der Waals surface area contributed by atoms with Crippen LogP contribution in [-0.4, -0.2) is 186 Å². The fourth-order valence-electron chi connectivity index (χ4n) is 14.8. The summed E-state index contributed by atoms with van der Waals surface area (Å²) in [4.78, 5) is 50.6. The predicted octanol–water partition coefficient (Wildman–Crippen LogP) is 17.2. The van der Waals surface area contributed by atoms with Crippen LogP contribution in [0, 0.1) is 27.7 Å². The molecule has 0 unspecified atom stereocenters. The number of rotatable bonds is 21. The second kappa shape index (κ2) is 38.8. The molecule has 28 heteroatoms. The molecule has 111 heavy (non-hydrogen) atoms. The van der Waals surface area contributed by atoms with Gasteiger partial charge in [-0.05, 0) is 236 Å². The third-order valence-electron chi connectivity index (χ3n) is 21.3. The maximum Gasteiger partial charge on any atom is 0.573 e. The fourth-order valence-corrected chi connectivity index (χ4v) is 15.0. The number of carbonyl (C=O) groups is 3. The van der Waals surface area contributed by atoms with Crippen LogP contribution in [0.5, 0.6) is 17.2 Å². The summed E-state index contributed by atoms with van der Waals surface area (Å²) in [6.07, 6.45) is -3.82. The minimum absolute atomic E-state index is 0.0163. The van der Waals surface area contributed by atoms with Crippen LogP contribution in [0.15, 0.2) is 127 Å². The maximum absolute atomic E-state index is 12.8.